The van der Waals surface area contributed by atoms with Crippen molar-refractivity contribution in [2.24, 2.45) is 5.73 Å². The minimum absolute atomic E-state index is 0.304. The highest BCUT2D eigenvalue weighted by Gasteiger charge is 2.25. The van der Waals surface area contributed by atoms with Gasteiger partial charge in [-0.3, -0.25) is 4.79 Å². The van der Waals surface area contributed by atoms with E-state index in [4.69, 9.17) is 15.6 Å². The zero-order valence-corrected chi connectivity index (χ0v) is 11.0. The maximum absolute atomic E-state index is 10.8. The normalized spacial score (nSPS) is 21.9. The fourth-order valence-electron chi connectivity index (χ4n) is 1.92. The quantitative estimate of drug-likeness (QED) is 0.843. The van der Waals surface area contributed by atoms with Gasteiger partial charge in [0.1, 0.15) is 6.04 Å². The van der Waals surface area contributed by atoms with Crippen molar-refractivity contribution in [2.75, 3.05) is 24.7 Å². The van der Waals surface area contributed by atoms with Gasteiger partial charge in [0, 0.05) is 11.9 Å². The lowest BCUT2D eigenvalue weighted by Gasteiger charge is -2.34. The Kier molecular flexibility index (Phi) is 4.15. The summed E-state index contributed by atoms with van der Waals surface area (Å²) in [5, 5.41) is 11.4. The van der Waals surface area contributed by atoms with Crippen LogP contribution in [0.3, 0.4) is 0 Å². The topological polar surface area (TPSA) is 88.7 Å². The van der Waals surface area contributed by atoms with Crippen LogP contribution in [0.2, 0.25) is 0 Å². The van der Waals surface area contributed by atoms with Gasteiger partial charge in [0.05, 0.1) is 24.9 Å². The van der Waals surface area contributed by atoms with Crippen LogP contribution in [-0.4, -0.2) is 41.9 Å². The first-order valence-electron chi connectivity index (χ1n) is 5.91. The van der Waals surface area contributed by atoms with E-state index in [-0.39, 0.29) is 0 Å². The van der Waals surface area contributed by atoms with E-state index in [9.17, 15) is 4.79 Å². The van der Waals surface area contributed by atoms with E-state index >= 15 is 0 Å². The van der Waals surface area contributed by atoms with Gasteiger partial charge in [-0.25, -0.2) is 4.98 Å². The maximum atomic E-state index is 10.8. The number of thiazole rings is 1. The molecule has 1 fully saturated rings. The van der Waals surface area contributed by atoms with E-state index in [1.165, 1.54) is 11.3 Å². The Morgan fingerprint density at radius 1 is 1.83 bits per heavy atom. The van der Waals surface area contributed by atoms with Crippen LogP contribution in [0.15, 0.2) is 5.38 Å². The zero-order chi connectivity index (χ0) is 13.1. The average Bonchev–Trinajstić information content (AvgIpc) is 2.87. The lowest BCUT2D eigenvalue weighted by atomic mass is 10.2. The maximum Gasteiger partial charge on any atom is 0.326 e. The van der Waals surface area contributed by atoms with Crippen LogP contribution < -0.4 is 10.6 Å². The first kappa shape index (κ1) is 13.3. The molecule has 2 atom stereocenters. The predicted octanol–water partition coefficient (Wildman–Crippen LogP) is 0.843. The van der Waals surface area contributed by atoms with E-state index in [2.05, 4.69) is 16.8 Å². The number of carboxylic acids is 1. The summed E-state index contributed by atoms with van der Waals surface area (Å²) in [6.45, 7) is 4.25. The van der Waals surface area contributed by atoms with Crippen molar-refractivity contribution in [1.29, 1.82) is 0 Å². The Hall–Kier alpha value is -1.18. The molecule has 0 aliphatic carbocycles. The number of hydrogen-bond donors (Lipinski definition) is 2. The monoisotopic (exact) mass is 271 g/mol. The summed E-state index contributed by atoms with van der Waals surface area (Å²) in [5.41, 5.74) is 5.97. The van der Waals surface area contributed by atoms with E-state index in [1.54, 1.807) is 5.38 Å². The van der Waals surface area contributed by atoms with Crippen LogP contribution in [0.5, 0.6) is 0 Å². The number of rotatable bonds is 4. The number of anilines is 1. The third-order valence-electron chi connectivity index (χ3n) is 3.04. The molecule has 0 amide bonds. The number of morpholine rings is 1. The number of aromatic nitrogens is 1. The highest BCUT2D eigenvalue weighted by molar-refractivity contribution is 7.13. The Bertz CT molecular complexity index is 423. The van der Waals surface area contributed by atoms with E-state index in [1.807, 2.05) is 0 Å². The second-order valence-corrected chi connectivity index (χ2v) is 5.04. The summed E-state index contributed by atoms with van der Waals surface area (Å²) >= 11 is 1.44. The highest BCUT2D eigenvalue weighted by atomic mass is 32.1. The van der Waals surface area contributed by atoms with Gasteiger partial charge in [-0.1, -0.05) is 6.92 Å². The van der Waals surface area contributed by atoms with Crippen molar-refractivity contribution in [3.63, 3.8) is 0 Å². The molecule has 1 aromatic rings. The molecule has 2 rings (SSSR count). The lowest BCUT2D eigenvalue weighted by molar-refractivity contribution is -0.138. The minimum atomic E-state index is -1.05. The average molecular weight is 271 g/mol. The molecule has 0 saturated carbocycles. The molecule has 0 bridgehead atoms. The summed E-state index contributed by atoms with van der Waals surface area (Å²) < 4.78 is 5.43. The summed E-state index contributed by atoms with van der Waals surface area (Å²) in [6, 6.07) is -0.741. The van der Waals surface area contributed by atoms with Crippen molar-refractivity contribution in [2.45, 2.75) is 25.4 Å². The molecule has 3 N–H and O–H groups in total. The van der Waals surface area contributed by atoms with Crippen LogP contribution in [0.4, 0.5) is 5.13 Å². The second kappa shape index (κ2) is 5.64. The SMILES string of the molecule is CCC1COCCN1c1nc(C(N)C(=O)O)cs1. The van der Waals surface area contributed by atoms with E-state index in [0.717, 1.165) is 18.1 Å². The number of nitrogens with zero attached hydrogens (tertiary/aromatic N) is 2. The molecule has 0 aromatic carbocycles. The summed E-state index contributed by atoms with van der Waals surface area (Å²) in [5.74, 6) is -1.05. The first-order valence-corrected chi connectivity index (χ1v) is 6.79. The molecular weight excluding hydrogens is 254 g/mol. The van der Waals surface area contributed by atoms with Crippen molar-refractivity contribution in [3.05, 3.63) is 11.1 Å². The molecule has 0 spiro atoms. The molecule has 1 aromatic heterocycles. The third-order valence-corrected chi connectivity index (χ3v) is 3.93. The Morgan fingerprint density at radius 3 is 3.28 bits per heavy atom. The van der Waals surface area contributed by atoms with Crippen LogP contribution >= 0.6 is 11.3 Å². The van der Waals surface area contributed by atoms with E-state index in [0.29, 0.717) is 24.9 Å². The summed E-state index contributed by atoms with van der Waals surface area (Å²) in [4.78, 5) is 17.3. The van der Waals surface area contributed by atoms with Crippen LogP contribution in [0.25, 0.3) is 0 Å². The number of ether oxygens (including phenoxy) is 1. The van der Waals surface area contributed by atoms with Gasteiger partial charge in [0.25, 0.3) is 0 Å². The molecule has 1 aliphatic rings. The van der Waals surface area contributed by atoms with Crippen molar-refractivity contribution in [3.8, 4) is 0 Å². The standard InChI is InChI=1S/C11H17N3O3S/c1-2-7-5-17-4-3-14(7)11-13-8(6-18-11)9(12)10(15)16/h6-7,9H,2-5,12H2,1H3,(H,15,16). The molecule has 6 nitrogen and oxygen atoms in total. The van der Waals surface area contributed by atoms with Crippen molar-refractivity contribution >= 4 is 22.4 Å². The number of aliphatic carboxylic acids is 1. The Morgan fingerprint density at radius 2 is 2.61 bits per heavy atom. The number of nitrogens with two attached hydrogens (primary N) is 1. The van der Waals surface area contributed by atoms with E-state index < -0.39 is 12.0 Å². The molecule has 1 saturated heterocycles. The van der Waals surface area contributed by atoms with Gasteiger partial charge in [0.2, 0.25) is 0 Å². The highest BCUT2D eigenvalue weighted by Crippen LogP contribution is 2.27. The predicted molar refractivity (Wildman–Crippen MR) is 68.9 cm³/mol. The Balaban J connectivity index is 2.15. The molecule has 1 aliphatic heterocycles. The van der Waals surface area contributed by atoms with Gasteiger partial charge in [-0.05, 0) is 6.42 Å². The van der Waals surface area contributed by atoms with Gasteiger partial charge >= 0.3 is 5.97 Å². The van der Waals surface area contributed by atoms with Gasteiger partial charge in [-0.15, -0.1) is 11.3 Å². The molecule has 18 heavy (non-hydrogen) atoms. The summed E-state index contributed by atoms with van der Waals surface area (Å²) in [6.07, 6.45) is 0.972. The lowest BCUT2D eigenvalue weighted by Crippen LogP contribution is -2.45. The first-order chi connectivity index (χ1) is 8.63. The second-order valence-electron chi connectivity index (χ2n) is 4.20. The van der Waals surface area contributed by atoms with Crippen molar-refractivity contribution in [1.82, 2.24) is 4.98 Å². The van der Waals surface area contributed by atoms with Gasteiger partial charge in [-0.2, -0.15) is 0 Å². The minimum Gasteiger partial charge on any atom is -0.480 e. The molecule has 0 radical (unpaired) electrons. The number of hydrogen-bond acceptors (Lipinski definition) is 6. The molecule has 2 heterocycles. The fraction of sp³-hybridized carbons (Fsp3) is 0.636. The van der Waals surface area contributed by atoms with Crippen molar-refractivity contribution < 1.29 is 14.6 Å². The summed E-state index contributed by atoms with van der Waals surface area (Å²) in [7, 11) is 0. The smallest absolute Gasteiger partial charge is 0.326 e. The van der Waals surface area contributed by atoms with Gasteiger partial charge in [0.15, 0.2) is 5.13 Å². The van der Waals surface area contributed by atoms with Crippen LogP contribution in [-0.2, 0) is 9.53 Å². The number of carboxylic acid groups (broad SMARTS) is 1. The third kappa shape index (κ3) is 2.63. The van der Waals surface area contributed by atoms with Crippen LogP contribution in [0, 0.1) is 0 Å². The zero-order valence-electron chi connectivity index (χ0n) is 10.2. The fourth-order valence-corrected chi connectivity index (χ4v) is 2.88. The molecule has 7 heteroatoms. The van der Waals surface area contributed by atoms with Gasteiger partial charge < -0.3 is 20.5 Å². The Labute approximate surface area is 109 Å². The molecule has 100 valence electrons. The van der Waals surface area contributed by atoms with Crippen LogP contribution in [0.1, 0.15) is 25.1 Å². The number of carbonyl (C=O) groups is 1. The molecular formula is C11H17N3O3S. The molecule has 2 unspecified atom stereocenters. The largest absolute Gasteiger partial charge is 0.480 e.